The van der Waals surface area contributed by atoms with Crippen LogP contribution in [0.4, 0.5) is 0 Å². The second kappa shape index (κ2) is 40.2. The maximum Gasteiger partial charge on any atom is 0.343 e. The molecule has 16 heteroatoms. The molecule has 6 rings (SSSR count). The van der Waals surface area contributed by atoms with Crippen LogP contribution in [0.1, 0.15) is 179 Å². The zero-order valence-electron chi connectivity index (χ0n) is 52.0. The van der Waals surface area contributed by atoms with E-state index in [2.05, 4.69) is 37.2 Å². The molecular weight excluding hydrogens is 1140 g/mol. The Balaban J connectivity index is 1.16. The van der Waals surface area contributed by atoms with Gasteiger partial charge in [-0.3, -0.25) is 0 Å². The first-order valence-electron chi connectivity index (χ1n) is 31.3. The van der Waals surface area contributed by atoms with E-state index in [1.807, 2.05) is 24.3 Å². The number of aryl methyl sites for hydroxylation is 2. The topological polar surface area (TPSA) is 201 Å². The average Bonchev–Trinajstić information content (AvgIpc) is 2.70. The monoisotopic (exact) mass is 1220 g/mol. The van der Waals surface area contributed by atoms with E-state index in [1.54, 1.807) is 109 Å². The van der Waals surface area contributed by atoms with Crippen molar-refractivity contribution in [3.05, 3.63) is 214 Å². The summed E-state index contributed by atoms with van der Waals surface area (Å²) in [5, 5.41) is 8.76. The van der Waals surface area contributed by atoms with Gasteiger partial charge in [-0.1, -0.05) is 89.1 Å². The normalized spacial score (nSPS) is 11.0. The summed E-state index contributed by atoms with van der Waals surface area (Å²) in [5.41, 5.74) is 6.13. The third-order valence-electron chi connectivity index (χ3n) is 14.4. The zero-order chi connectivity index (χ0) is 64.0. The lowest BCUT2D eigenvalue weighted by Gasteiger charge is -2.11. The molecule has 0 aliphatic heterocycles. The van der Waals surface area contributed by atoms with Crippen LogP contribution in [0, 0.1) is 0 Å². The SMILES string of the molecule is C=CC(=O)OCCCCCCOc1ccc(C(=O)Oc2ccc(CCOC(=O)c3ccc(CCCCC)cc3)cc2/C=N/N=C/c2cc(CCOC(=O)c3ccc(CCCCC)cc3)ccc2OC(=O)c2ccc(OCCCCCCOC(=O)C=C)cc2)cc1. The van der Waals surface area contributed by atoms with Gasteiger partial charge in [0.05, 0.1) is 74.3 Å². The lowest BCUT2D eigenvalue weighted by atomic mass is 10.1. The van der Waals surface area contributed by atoms with Gasteiger partial charge in [0.25, 0.3) is 0 Å². The van der Waals surface area contributed by atoms with Crippen molar-refractivity contribution in [2.45, 2.75) is 129 Å². The molecule has 0 unspecified atom stereocenters. The third kappa shape index (κ3) is 25.7. The standard InChI is InChI=1S/C74H84N2O14/c1-5-9-15-21-55-23-29-59(30-24-55)71(79)87-49-43-57-27-41-67(89-73(81)61-33-37-65(38-34-61)83-45-17-11-13-19-47-85-69(77)7-3)63(51-57)53-75-76-54-64-52-58(44-50-88-72(80)60-31-25-56(26-32-60)22-16-10-6-2)28-42-68(64)90-74(82)62-35-39-66(40-36-62)84-46-18-12-14-20-48-86-70(78)8-4/h7-8,23-42,51-54H,3-6,9-22,43-50H2,1-2H3/b75-53+,76-54+. The van der Waals surface area contributed by atoms with E-state index in [9.17, 15) is 28.8 Å². The summed E-state index contributed by atoms with van der Waals surface area (Å²) >= 11 is 0. The molecule has 16 nitrogen and oxygen atoms in total. The highest BCUT2D eigenvalue weighted by atomic mass is 16.6. The quantitative estimate of drug-likeness (QED) is 0.00667. The summed E-state index contributed by atoms with van der Waals surface area (Å²) in [6, 6.07) is 38.7. The number of nitrogens with zero attached hydrogens (tertiary/aromatic N) is 2. The van der Waals surface area contributed by atoms with Crippen LogP contribution in [0.3, 0.4) is 0 Å². The van der Waals surface area contributed by atoms with Crippen LogP contribution in [0.15, 0.2) is 169 Å². The van der Waals surface area contributed by atoms with Gasteiger partial charge in [0.1, 0.15) is 23.0 Å². The molecule has 0 radical (unpaired) electrons. The minimum Gasteiger partial charge on any atom is -0.494 e. The molecule has 6 aromatic carbocycles. The van der Waals surface area contributed by atoms with Crippen molar-refractivity contribution in [1.82, 2.24) is 0 Å². The Bertz CT molecular complexity index is 3080. The number of carbonyl (C=O) groups excluding carboxylic acids is 6. The van der Waals surface area contributed by atoms with Crippen LogP contribution in [0.5, 0.6) is 23.0 Å². The number of benzene rings is 6. The Hall–Kier alpha value is -9.44. The molecule has 6 aromatic rings. The maximum absolute atomic E-state index is 13.7. The lowest BCUT2D eigenvalue weighted by Crippen LogP contribution is -2.11. The molecular formula is C74H84N2O14. The van der Waals surface area contributed by atoms with Crippen molar-refractivity contribution in [3.63, 3.8) is 0 Å². The van der Waals surface area contributed by atoms with Gasteiger partial charge in [0.15, 0.2) is 0 Å². The van der Waals surface area contributed by atoms with E-state index in [0.29, 0.717) is 73.0 Å². The second-order valence-corrected chi connectivity index (χ2v) is 21.4. The van der Waals surface area contributed by atoms with Crippen molar-refractivity contribution in [2.75, 3.05) is 39.6 Å². The first kappa shape index (κ1) is 69.7. The smallest absolute Gasteiger partial charge is 0.343 e. The number of ether oxygens (including phenoxy) is 8. The Kier molecular flexibility index (Phi) is 31.1. The molecule has 0 fully saturated rings. The average molecular weight is 1230 g/mol. The van der Waals surface area contributed by atoms with Crippen molar-refractivity contribution < 1.29 is 66.7 Å². The van der Waals surface area contributed by atoms with E-state index >= 15 is 0 Å². The van der Waals surface area contributed by atoms with Crippen LogP contribution in [0.2, 0.25) is 0 Å². The van der Waals surface area contributed by atoms with Gasteiger partial charge in [0, 0.05) is 36.1 Å². The number of hydrogen-bond acceptors (Lipinski definition) is 16. The zero-order valence-corrected chi connectivity index (χ0v) is 52.0. The van der Waals surface area contributed by atoms with E-state index in [4.69, 9.17) is 37.9 Å². The van der Waals surface area contributed by atoms with Crippen LogP contribution in [0.25, 0.3) is 0 Å². The van der Waals surface area contributed by atoms with Crippen molar-refractivity contribution in [2.24, 2.45) is 10.2 Å². The highest BCUT2D eigenvalue weighted by Gasteiger charge is 2.17. The van der Waals surface area contributed by atoms with Gasteiger partial charge in [-0.05, 0) is 196 Å². The Labute approximate surface area is 529 Å². The minimum absolute atomic E-state index is 0.0775. The molecule has 474 valence electrons. The van der Waals surface area contributed by atoms with Crippen LogP contribution in [-0.4, -0.2) is 87.9 Å². The largest absolute Gasteiger partial charge is 0.494 e. The highest BCUT2D eigenvalue weighted by molar-refractivity contribution is 5.95. The number of carbonyl (C=O) groups is 6. The predicted octanol–water partition coefficient (Wildman–Crippen LogP) is 15.2. The van der Waals surface area contributed by atoms with E-state index in [0.717, 1.165) is 126 Å². The fourth-order valence-corrected chi connectivity index (χ4v) is 9.20. The molecule has 0 saturated heterocycles. The Morgan fingerprint density at radius 3 is 1.07 bits per heavy atom. The van der Waals surface area contributed by atoms with Crippen molar-refractivity contribution in [3.8, 4) is 23.0 Å². The summed E-state index contributed by atoms with van der Waals surface area (Å²) in [5.74, 6) is -1.45. The van der Waals surface area contributed by atoms with E-state index in [1.165, 1.54) is 23.6 Å². The molecule has 0 bridgehead atoms. The molecule has 90 heavy (non-hydrogen) atoms. The molecule has 0 atom stereocenters. The molecule has 0 heterocycles. The molecule has 0 aromatic heterocycles. The Morgan fingerprint density at radius 2 is 0.700 bits per heavy atom. The van der Waals surface area contributed by atoms with Crippen molar-refractivity contribution >= 4 is 48.2 Å². The third-order valence-corrected chi connectivity index (χ3v) is 14.4. The summed E-state index contributed by atoms with van der Waals surface area (Å²) in [4.78, 5) is 76.1. The lowest BCUT2D eigenvalue weighted by molar-refractivity contribution is -0.138. The Morgan fingerprint density at radius 1 is 0.356 bits per heavy atom. The van der Waals surface area contributed by atoms with Gasteiger partial charge in [-0.15, -0.1) is 0 Å². The molecule has 0 saturated carbocycles. The summed E-state index contributed by atoms with van der Waals surface area (Å²) < 4.78 is 45.2. The van der Waals surface area contributed by atoms with Gasteiger partial charge in [-0.25, -0.2) is 28.8 Å². The van der Waals surface area contributed by atoms with E-state index < -0.39 is 35.8 Å². The number of unbranched alkanes of at least 4 members (excludes halogenated alkanes) is 10. The fraction of sp³-hybridized carbons (Fsp3) is 0.351. The number of hydrogen-bond donors (Lipinski definition) is 0. The van der Waals surface area contributed by atoms with Crippen molar-refractivity contribution in [1.29, 1.82) is 0 Å². The first-order valence-corrected chi connectivity index (χ1v) is 31.3. The molecule has 0 amide bonds. The maximum atomic E-state index is 13.7. The summed E-state index contributed by atoms with van der Waals surface area (Å²) in [7, 11) is 0. The van der Waals surface area contributed by atoms with Crippen LogP contribution < -0.4 is 18.9 Å². The minimum atomic E-state index is -0.629. The van der Waals surface area contributed by atoms with Gasteiger partial charge in [0.2, 0.25) is 0 Å². The number of esters is 6. The molecule has 0 aliphatic carbocycles. The predicted molar refractivity (Wildman–Crippen MR) is 348 cm³/mol. The molecule has 0 N–H and O–H groups in total. The van der Waals surface area contributed by atoms with Gasteiger partial charge < -0.3 is 37.9 Å². The summed E-state index contributed by atoms with van der Waals surface area (Å²) in [6.45, 7) is 12.9. The van der Waals surface area contributed by atoms with Crippen LogP contribution in [-0.2, 0) is 54.2 Å². The van der Waals surface area contributed by atoms with Gasteiger partial charge in [-0.2, -0.15) is 10.2 Å². The first-order chi connectivity index (χ1) is 43.9. The fourth-order valence-electron chi connectivity index (χ4n) is 9.20. The number of rotatable bonds is 41. The van der Waals surface area contributed by atoms with E-state index in [-0.39, 0.29) is 35.8 Å². The summed E-state index contributed by atoms with van der Waals surface area (Å²) in [6.07, 6.45) is 21.1. The van der Waals surface area contributed by atoms with Crippen LogP contribution >= 0.6 is 0 Å². The molecule has 0 aliphatic rings. The van der Waals surface area contributed by atoms with Gasteiger partial charge >= 0.3 is 35.8 Å². The second-order valence-electron chi connectivity index (χ2n) is 21.4. The molecule has 0 spiro atoms. The highest BCUT2D eigenvalue weighted by Crippen LogP contribution is 2.25.